The van der Waals surface area contributed by atoms with Gasteiger partial charge in [-0.1, -0.05) is 45.4 Å². The summed E-state index contributed by atoms with van der Waals surface area (Å²) in [6, 6.07) is 0. The minimum atomic E-state index is -0.298. The predicted molar refractivity (Wildman–Crippen MR) is 60.0 cm³/mol. The van der Waals surface area contributed by atoms with Gasteiger partial charge in [-0.05, 0) is 6.42 Å². The molecule has 0 spiro atoms. The van der Waals surface area contributed by atoms with Crippen LogP contribution in [0.4, 0.5) is 0 Å². The Balaban J connectivity index is 0. The molecule has 0 radical (unpaired) electrons. The van der Waals surface area contributed by atoms with E-state index in [0.717, 1.165) is 12.8 Å². The van der Waals surface area contributed by atoms with Crippen LogP contribution in [-0.4, -0.2) is 35.5 Å². The number of unbranched alkanes of at least 4 members (excludes halogenated alkanes) is 6. The standard InChI is InChI=1S/C10H21NO2.Na.H/c1-2-3-4-5-6-7-8-9-10(12)13-11;;/h2-9,11H2,1H3;;. The molecule has 0 aliphatic rings. The van der Waals surface area contributed by atoms with E-state index in [1.54, 1.807) is 0 Å². The number of hydrogen-bond donors (Lipinski definition) is 1. The molecule has 2 N–H and O–H groups in total. The summed E-state index contributed by atoms with van der Waals surface area (Å²) in [5, 5.41) is 0. The maximum atomic E-state index is 10.6. The molecule has 4 heteroatoms. The van der Waals surface area contributed by atoms with Gasteiger partial charge in [0.1, 0.15) is 0 Å². The Morgan fingerprint density at radius 1 is 1.07 bits per heavy atom. The Kier molecular flexibility index (Phi) is 16.2. The van der Waals surface area contributed by atoms with Crippen LogP contribution in [0.2, 0.25) is 0 Å². The molecule has 0 aromatic heterocycles. The monoisotopic (exact) mass is 211 g/mol. The third kappa shape index (κ3) is 12.4. The average molecular weight is 211 g/mol. The molecule has 0 saturated heterocycles. The van der Waals surface area contributed by atoms with Crippen molar-refractivity contribution >= 4 is 35.5 Å². The van der Waals surface area contributed by atoms with Gasteiger partial charge in [0, 0.05) is 6.42 Å². The Morgan fingerprint density at radius 2 is 1.57 bits per heavy atom. The van der Waals surface area contributed by atoms with Crippen molar-refractivity contribution in [2.24, 2.45) is 5.90 Å². The van der Waals surface area contributed by atoms with E-state index in [1.165, 1.54) is 32.1 Å². The van der Waals surface area contributed by atoms with Crippen LogP contribution in [0.3, 0.4) is 0 Å². The van der Waals surface area contributed by atoms with E-state index in [-0.39, 0.29) is 35.5 Å². The van der Waals surface area contributed by atoms with Crippen LogP contribution in [0, 0.1) is 0 Å². The Bertz CT molecular complexity index is 131. The molecule has 0 aliphatic carbocycles. The number of carbonyl (C=O) groups excluding carboxylic acids is 1. The van der Waals surface area contributed by atoms with Crippen molar-refractivity contribution in [1.82, 2.24) is 0 Å². The minimum absolute atomic E-state index is 0. The second-order valence-corrected chi connectivity index (χ2v) is 3.36. The van der Waals surface area contributed by atoms with Gasteiger partial charge in [-0.15, -0.1) is 0 Å². The maximum absolute atomic E-state index is 10.6. The normalized spacial score (nSPS) is 9.29. The average Bonchev–Trinajstić information content (AvgIpc) is 2.16. The van der Waals surface area contributed by atoms with Gasteiger partial charge in [0.25, 0.3) is 0 Å². The van der Waals surface area contributed by atoms with E-state index in [0.29, 0.717) is 6.42 Å². The molecule has 0 fully saturated rings. The zero-order valence-electron chi connectivity index (χ0n) is 8.55. The Morgan fingerprint density at radius 3 is 2.07 bits per heavy atom. The summed E-state index contributed by atoms with van der Waals surface area (Å²) in [6.45, 7) is 2.21. The van der Waals surface area contributed by atoms with E-state index in [9.17, 15) is 4.79 Å². The number of hydrogen-bond acceptors (Lipinski definition) is 3. The van der Waals surface area contributed by atoms with Crippen molar-refractivity contribution in [2.45, 2.75) is 58.3 Å². The molecule has 0 amide bonds. The number of rotatable bonds is 8. The molecule has 0 rings (SSSR count). The molecule has 0 aromatic carbocycles. The van der Waals surface area contributed by atoms with E-state index in [1.807, 2.05) is 0 Å². The Labute approximate surface area is 109 Å². The van der Waals surface area contributed by atoms with E-state index < -0.39 is 0 Å². The quantitative estimate of drug-likeness (QED) is 0.379. The van der Waals surface area contributed by atoms with E-state index in [2.05, 4.69) is 11.8 Å². The number of nitrogens with two attached hydrogens (primary N) is 1. The summed E-state index contributed by atoms with van der Waals surface area (Å²) in [5.41, 5.74) is 0. The van der Waals surface area contributed by atoms with Crippen molar-refractivity contribution in [2.75, 3.05) is 0 Å². The van der Waals surface area contributed by atoms with E-state index in [4.69, 9.17) is 5.90 Å². The fourth-order valence-electron chi connectivity index (χ4n) is 1.29. The molecule has 0 unspecified atom stereocenters. The van der Waals surface area contributed by atoms with E-state index >= 15 is 0 Å². The van der Waals surface area contributed by atoms with Gasteiger partial charge in [-0.3, -0.25) is 4.79 Å². The molecular formula is C10H22NNaO2. The summed E-state index contributed by atoms with van der Waals surface area (Å²) in [7, 11) is 0. The van der Waals surface area contributed by atoms with Crippen LogP contribution in [-0.2, 0) is 9.63 Å². The van der Waals surface area contributed by atoms with Crippen molar-refractivity contribution in [1.29, 1.82) is 0 Å². The van der Waals surface area contributed by atoms with Crippen LogP contribution in [0.1, 0.15) is 58.3 Å². The summed E-state index contributed by atoms with van der Waals surface area (Å²) in [5.74, 6) is 4.41. The molecule has 14 heavy (non-hydrogen) atoms. The summed E-state index contributed by atoms with van der Waals surface area (Å²) < 4.78 is 0. The third-order valence-electron chi connectivity index (χ3n) is 2.12. The summed E-state index contributed by atoms with van der Waals surface area (Å²) in [6.07, 6.45) is 8.90. The van der Waals surface area contributed by atoms with Crippen molar-refractivity contribution in [3.63, 3.8) is 0 Å². The first-order chi connectivity index (χ1) is 6.31. The van der Waals surface area contributed by atoms with Crippen LogP contribution >= 0.6 is 0 Å². The van der Waals surface area contributed by atoms with Crippen molar-refractivity contribution in [3.05, 3.63) is 0 Å². The molecule has 0 bridgehead atoms. The van der Waals surface area contributed by atoms with Gasteiger partial charge in [-0.25, -0.2) is 0 Å². The SMILES string of the molecule is CCCCCCCCCC(=O)ON.[NaH]. The van der Waals surface area contributed by atoms with Crippen LogP contribution in [0.5, 0.6) is 0 Å². The first kappa shape index (κ1) is 16.8. The molecule has 3 nitrogen and oxygen atoms in total. The summed E-state index contributed by atoms with van der Waals surface area (Å²) in [4.78, 5) is 14.7. The van der Waals surface area contributed by atoms with Gasteiger partial charge in [-0.2, -0.15) is 5.90 Å². The molecule has 0 aliphatic heterocycles. The van der Waals surface area contributed by atoms with Gasteiger partial charge in [0.05, 0.1) is 0 Å². The van der Waals surface area contributed by atoms with Gasteiger partial charge < -0.3 is 4.84 Å². The molecule has 0 saturated carbocycles. The zero-order valence-corrected chi connectivity index (χ0v) is 8.55. The topological polar surface area (TPSA) is 52.3 Å². The summed E-state index contributed by atoms with van der Waals surface area (Å²) >= 11 is 0. The second kappa shape index (κ2) is 13.4. The van der Waals surface area contributed by atoms with Gasteiger partial charge in [0.2, 0.25) is 0 Å². The fraction of sp³-hybridized carbons (Fsp3) is 0.900. The van der Waals surface area contributed by atoms with Gasteiger partial charge in [0.15, 0.2) is 0 Å². The third-order valence-corrected chi connectivity index (χ3v) is 2.12. The Hall–Kier alpha value is 0.430. The van der Waals surface area contributed by atoms with Crippen LogP contribution in [0.15, 0.2) is 0 Å². The zero-order chi connectivity index (χ0) is 9.94. The first-order valence-electron chi connectivity index (χ1n) is 5.20. The molecule has 80 valence electrons. The molecular weight excluding hydrogens is 189 g/mol. The van der Waals surface area contributed by atoms with Crippen molar-refractivity contribution in [3.8, 4) is 0 Å². The molecule has 0 heterocycles. The second-order valence-electron chi connectivity index (χ2n) is 3.36. The van der Waals surface area contributed by atoms with Gasteiger partial charge >= 0.3 is 35.5 Å². The predicted octanol–water partition coefficient (Wildman–Crippen LogP) is 1.90. The fourth-order valence-corrected chi connectivity index (χ4v) is 1.29. The molecule has 0 aromatic rings. The number of carbonyl (C=O) groups is 1. The molecule has 0 atom stereocenters. The van der Waals surface area contributed by atoms with Crippen LogP contribution in [0.25, 0.3) is 0 Å². The van der Waals surface area contributed by atoms with Crippen molar-refractivity contribution < 1.29 is 9.63 Å². The first-order valence-corrected chi connectivity index (χ1v) is 5.20. The van der Waals surface area contributed by atoms with Crippen LogP contribution < -0.4 is 5.90 Å².